The molecule has 1 aliphatic rings. The van der Waals surface area contributed by atoms with E-state index < -0.39 is 0 Å². The molecule has 1 saturated carbocycles. The summed E-state index contributed by atoms with van der Waals surface area (Å²) in [5.74, 6) is 0. The number of ether oxygens (including phenoxy) is 1. The molecule has 112 valence electrons. The average molecular weight is 275 g/mol. The first-order valence-electron chi connectivity index (χ1n) is 8.08. The van der Waals surface area contributed by atoms with E-state index in [1.165, 1.54) is 57.1 Å². The molecule has 0 spiro atoms. The SMILES string of the molecule is COCCNCC1(CCCc2ccccc2)CCCC1. The summed E-state index contributed by atoms with van der Waals surface area (Å²) >= 11 is 0. The maximum absolute atomic E-state index is 5.12. The summed E-state index contributed by atoms with van der Waals surface area (Å²) in [4.78, 5) is 0. The minimum Gasteiger partial charge on any atom is -0.383 e. The summed E-state index contributed by atoms with van der Waals surface area (Å²) in [7, 11) is 1.77. The first-order chi connectivity index (χ1) is 9.85. The monoisotopic (exact) mass is 275 g/mol. The standard InChI is InChI=1S/C18H29NO/c1-20-15-14-19-16-18(11-5-6-12-18)13-7-10-17-8-3-2-4-9-17/h2-4,8-9,19H,5-7,10-16H2,1H3. The molecular formula is C18H29NO. The molecule has 1 aliphatic carbocycles. The molecule has 0 amide bonds. The van der Waals surface area contributed by atoms with Gasteiger partial charge in [-0.15, -0.1) is 0 Å². The fourth-order valence-electron chi connectivity index (χ4n) is 3.48. The van der Waals surface area contributed by atoms with Crippen LogP contribution in [0.1, 0.15) is 44.1 Å². The number of hydrogen-bond acceptors (Lipinski definition) is 2. The van der Waals surface area contributed by atoms with Crippen molar-refractivity contribution in [2.45, 2.75) is 44.9 Å². The van der Waals surface area contributed by atoms with Crippen molar-refractivity contribution < 1.29 is 4.74 Å². The van der Waals surface area contributed by atoms with Crippen LogP contribution in [0.15, 0.2) is 30.3 Å². The lowest BCUT2D eigenvalue weighted by molar-refractivity contribution is 0.186. The van der Waals surface area contributed by atoms with E-state index in [9.17, 15) is 0 Å². The Balaban J connectivity index is 1.74. The van der Waals surface area contributed by atoms with Crippen LogP contribution in [-0.2, 0) is 11.2 Å². The Bertz CT molecular complexity index is 357. The summed E-state index contributed by atoms with van der Waals surface area (Å²) < 4.78 is 5.12. The van der Waals surface area contributed by atoms with Crippen molar-refractivity contribution in [3.63, 3.8) is 0 Å². The molecular weight excluding hydrogens is 246 g/mol. The Hall–Kier alpha value is -0.860. The molecule has 1 N–H and O–H groups in total. The van der Waals surface area contributed by atoms with Gasteiger partial charge in [-0.05, 0) is 43.1 Å². The van der Waals surface area contributed by atoms with Gasteiger partial charge in [0, 0.05) is 20.2 Å². The maximum atomic E-state index is 5.12. The number of hydrogen-bond donors (Lipinski definition) is 1. The molecule has 2 rings (SSSR count). The zero-order valence-electron chi connectivity index (χ0n) is 12.9. The van der Waals surface area contributed by atoms with Crippen molar-refractivity contribution in [3.05, 3.63) is 35.9 Å². The van der Waals surface area contributed by atoms with Crippen molar-refractivity contribution in [2.75, 3.05) is 26.8 Å². The second-order valence-corrected chi connectivity index (χ2v) is 6.22. The minimum atomic E-state index is 0.558. The van der Waals surface area contributed by atoms with E-state index in [1.54, 1.807) is 7.11 Å². The highest BCUT2D eigenvalue weighted by molar-refractivity contribution is 5.14. The predicted molar refractivity (Wildman–Crippen MR) is 85.0 cm³/mol. The zero-order valence-corrected chi connectivity index (χ0v) is 12.9. The Morgan fingerprint density at radius 3 is 2.60 bits per heavy atom. The number of aryl methyl sites for hydroxylation is 1. The van der Waals surface area contributed by atoms with Crippen molar-refractivity contribution >= 4 is 0 Å². The van der Waals surface area contributed by atoms with Crippen LogP contribution in [0, 0.1) is 5.41 Å². The summed E-state index contributed by atoms with van der Waals surface area (Å²) in [6.07, 6.45) is 9.54. The van der Waals surface area contributed by atoms with Gasteiger partial charge in [0.25, 0.3) is 0 Å². The molecule has 0 aromatic heterocycles. The molecule has 20 heavy (non-hydrogen) atoms. The number of methoxy groups -OCH3 is 1. The summed E-state index contributed by atoms with van der Waals surface area (Å²) in [5, 5.41) is 3.59. The van der Waals surface area contributed by atoms with Crippen molar-refractivity contribution in [1.29, 1.82) is 0 Å². The van der Waals surface area contributed by atoms with Gasteiger partial charge in [-0.2, -0.15) is 0 Å². The molecule has 1 aromatic carbocycles. The molecule has 0 radical (unpaired) electrons. The third-order valence-electron chi connectivity index (χ3n) is 4.66. The van der Waals surface area contributed by atoms with Crippen LogP contribution in [-0.4, -0.2) is 26.8 Å². The largest absolute Gasteiger partial charge is 0.383 e. The number of nitrogens with one attached hydrogen (secondary N) is 1. The number of benzene rings is 1. The molecule has 1 aromatic rings. The van der Waals surface area contributed by atoms with Gasteiger partial charge in [-0.3, -0.25) is 0 Å². The Morgan fingerprint density at radius 1 is 1.15 bits per heavy atom. The third-order valence-corrected chi connectivity index (χ3v) is 4.66. The molecule has 0 bridgehead atoms. The van der Waals surface area contributed by atoms with E-state index >= 15 is 0 Å². The van der Waals surface area contributed by atoms with Gasteiger partial charge in [0.05, 0.1) is 6.61 Å². The van der Waals surface area contributed by atoms with Crippen LogP contribution >= 0.6 is 0 Å². The Labute approximate surface area is 123 Å². The summed E-state index contributed by atoms with van der Waals surface area (Å²) in [6.45, 7) is 2.97. The Kier molecular flexibility index (Phi) is 6.55. The molecule has 2 heteroatoms. The van der Waals surface area contributed by atoms with Gasteiger partial charge in [-0.1, -0.05) is 43.2 Å². The van der Waals surface area contributed by atoms with Crippen LogP contribution < -0.4 is 5.32 Å². The van der Waals surface area contributed by atoms with Crippen LogP contribution in [0.25, 0.3) is 0 Å². The highest BCUT2D eigenvalue weighted by Crippen LogP contribution is 2.41. The quantitative estimate of drug-likeness (QED) is 0.692. The van der Waals surface area contributed by atoms with Crippen LogP contribution in [0.2, 0.25) is 0 Å². The van der Waals surface area contributed by atoms with E-state index in [0.29, 0.717) is 5.41 Å². The maximum Gasteiger partial charge on any atom is 0.0587 e. The molecule has 1 fully saturated rings. The van der Waals surface area contributed by atoms with Gasteiger partial charge >= 0.3 is 0 Å². The predicted octanol–water partition coefficient (Wildman–Crippen LogP) is 3.81. The minimum absolute atomic E-state index is 0.558. The van der Waals surface area contributed by atoms with Gasteiger partial charge < -0.3 is 10.1 Å². The van der Waals surface area contributed by atoms with Gasteiger partial charge in [0.2, 0.25) is 0 Å². The topological polar surface area (TPSA) is 21.3 Å². The first-order valence-corrected chi connectivity index (χ1v) is 8.08. The van der Waals surface area contributed by atoms with E-state index in [0.717, 1.165) is 13.2 Å². The highest BCUT2D eigenvalue weighted by Gasteiger charge is 2.32. The molecule has 0 saturated heterocycles. The number of rotatable bonds is 9. The summed E-state index contributed by atoms with van der Waals surface area (Å²) in [6, 6.07) is 10.9. The molecule has 0 aliphatic heterocycles. The van der Waals surface area contributed by atoms with Crippen LogP contribution in [0.3, 0.4) is 0 Å². The second-order valence-electron chi connectivity index (χ2n) is 6.22. The van der Waals surface area contributed by atoms with Gasteiger partial charge in [-0.25, -0.2) is 0 Å². The average Bonchev–Trinajstić information content (AvgIpc) is 2.94. The Morgan fingerprint density at radius 2 is 1.90 bits per heavy atom. The lowest BCUT2D eigenvalue weighted by atomic mass is 9.80. The molecule has 2 nitrogen and oxygen atoms in total. The van der Waals surface area contributed by atoms with Crippen molar-refractivity contribution in [3.8, 4) is 0 Å². The molecule has 0 atom stereocenters. The highest BCUT2D eigenvalue weighted by atomic mass is 16.5. The fourth-order valence-corrected chi connectivity index (χ4v) is 3.48. The lowest BCUT2D eigenvalue weighted by Gasteiger charge is -2.29. The van der Waals surface area contributed by atoms with E-state index in [4.69, 9.17) is 4.74 Å². The third kappa shape index (κ3) is 4.92. The summed E-state index contributed by atoms with van der Waals surface area (Å²) in [5.41, 5.74) is 2.04. The van der Waals surface area contributed by atoms with Crippen LogP contribution in [0.5, 0.6) is 0 Å². The van der Waals surface area contributed by atoms with Crippen molar-refractivity contribution in [2.24, 2.45) is 5.41 Å². The lowest BCUT2D eigenvalue weighted by Crippen LogP contribution is -2.34. The smallest absolute Gasteiger partial charge is 0.0587 e. The fraction of sp³-hybridized carbons (Fsp3) is 0.667. The van der Waals surface area contributed by atoms with Crippen molar-refractivity contribution in [1.82, 2.24) is 5.32 Å². The normalized spacial score (nSPS) is 17.4. The first kappa shape index (κ1) is 15.5. The molecule has 0 heterocycles. The van der Waals surface area contributed by atoms with E-state index in [-0.39, 0.29) is 0 Å². The van der Waals surface area contributed by atoms with Gasteiger partial charge in [0.1, 0.15) is 0 Å². The second kappa shape index (κ2) is 8.43. The molecule has 0 unspecified atom stereocenters. The zero-order chi connectivity index (χ0) is 14.1. The van der Waals surface area contributed by atoms with E-state index in [1.807, 2.05) is 0 Å². The van der Waals surface area contributed by atoms with Gasteiger partial charge in [0.15, 0.2) is 0 Å². The van der Waals surface area contributed by atoms with Crippen LogP contribution in [0.4, 0.5) is 0 Å². The van der Waals surface area contributed by atoms with E-state index in [2.05, 4.69) is 35.6 Å².